The molecular weight excluding hydrogens is 510 g/mol. The normalized spacial score (nSPS) is 13.4. The lowest BCUT2D eigenvalue weighted by Crippen LogP contribution is -2.28. The number of benzene rings is 5. The van der Waals surface area contributed by atoms with Crippen molar-refractivity contribution in [1.29, 1.82) is 0 Å². The molecule has 0 fully saturated rings. The SMILES string of the molecule is c1ccc(C2(c3ccccc3)c3ccccc3-c3cc4c(cc32)c2ncccc2n4-c2ccnc3ccccc23)cc1. The molecule has 0 spiro atoms. The van der Waals surface area contributed by atoms with Gasteiger partial charge in [-0.1, -0.05) is 103 Å². The van der Waals surface area contributed by atoms with Gasteiger partial charge in [0, 0.05) is 23.2 Å². The highest BCUT2D eigenvalue weighted by Crippen LogP contribution is 2.57. The topological polar surface area (TPSA) is 30.7 Å². The van der Waals surface area contributed by atoms with Crippen LogP contribution >= 0.6 is 0 Å². The quantitative estimate of drug-likeness (QED) is 0.226. The summed E-state index contributed by atoms with van der Waals surface area (Å²) in [5.74, 6) is 0. The minimum absolute atomic E-state index is 0.449. The van der Waals surface area contributed by atoms with E-state index in [0.29, 0.717) is 0 Å². The van der Waals surface area contributed by atoms with E-state index in [0.717, 1.165) is 38.5 Å². The monoisotopic (exact) mass is 535 g/mol. The molecule has 0 saturated carbocycles. The summed E-state index contributed by atoms with van der Waals surface area (Å²) in [5.41, 5.74) is 12.5. The lowest BCUT2D eigenvalue weighted by molar-refractivity contribution is 0.769. The van der Waals surface area contributed by atoms with Crippen LogP contribution < -0.4 is 0 Å². The fourth-order valence-electron chi connectivity index (χ4n) is 7.30. The van der Waals surface area contributed by atoms with E-state index in [-0.39, 0.29) is 0 Å². The lowest BCUT2D eigenvalue weighted by Gasteiger charge is -2.33. The Morgan fingerprint density at radius 2 is 1.19 bits per heavy atom. The van der Waals surface area contributed by atoms with Crippen molar-refractivity contribution in [2.45, 2.75) is 5.41 Å². The second-order valence-corrected chi connectivity index (χ2v) is 11.0. The van der Waals surface area contributed by atoms with Gasteiger partial charge < -0.3 is 4.57 Å². The summed E-state index contributed by atoms with van der Waals surface area (Å²) in [7, 11) is 0. The second-order valence-electron chi connectivity index (χ2n) is 11.0. The maximum atomic E-state index is 4.97. The third-order valence-electron chi connectivity index (χ3n) is 8.96. The zero-order chi connectivity index (χ0) is 27.7. The summed E-state index contributed by atoms with van der Waals surface area (Å²) in [6.45, 7) is 0. The number of para-hydroxylation sites is 1. The molecule has 0 unspecified atom stereocenters. The summed E-state index contributed by atoms with van der Waals surface area (Å²) in [6.07, 6.45) is 3.81. The van der Waals surface area contributed by atoms with Gasteiger partial charge in [0.05, 0.1) is 33.2 Å². The predicted molar refractivity (Wildman–Crippen MR) is 171 cm³/mol. The van der Waals surface area contributed by atoms with Crippen LogP contribution in [-0.4, -0.2) is 14.5 Å². The highest BCUT2D eigenvalue weighted by molar-refractivity contribution is 6.11. The molecule has 8 aromatic rings. The first-order valence-corrected chi connectivity index (χ1v) is 14.3. The third kappa shape index (κ3) is 3.00. The molecular formula is C39H25N3. The second kappa shape index (κ2) is 8.73. The molecule has 3 heteroatoms. The van der Waals surface area contributed by atoms with Crippen molar-refractivity contribution in [1.82, 2.24) is 14.5 Å². The van der Waals surface area contributed by atoms with Crippen molar-refractivity contribution in [2.75, 3.05) is 0 Å². The molecule has 0 radical (unpaired) electrons. The van der Waals surface area contributed by atoms with Gasteiger partial charge in [0.1, 0.15) is 0 Å². The number of hydrogen-bond acceptors (Lipinski definition) is 2. The first-order valence-electron chi connectivity index (χ1n) is 14.3. The van der Waals surface area contributed by atoms with Crippen LogP contribution in [0.4, 0.5) is 0 Å². The standard InChI is InChI=1S/C39H25N3/c1-3-12-26(13-4-1)39(27-14-5-2-6-15-27)32-18-9-7-16-28(32)30-25-37-31(24-33(30)39)38-36(20-11-22-41-38)42(37)35-21-23-40-34-19-10-8-17-29(34)35/h1-25H. The van der Waals surface area contributed by atoms with Gasteiger partial charge in [0.2, 0.25) is 0 Å². The van der Waals surface area contributed by atoms with Crippen molar-refractivity contribution in [3.63, 3.8) is 0 Å². The molecule has 0 amide bonds. The average Bonchev–Trinajstić information content (AvgIpc) is 3.54. The van der Waals surface area contributed by atoms with Gasteiger partial charge in [0.15, 0.2) is 0 Å². The molecule has 1 aliphatic carbocycles. The largest absolute Gasteiger partial charge is 0.307 e. The number of fused-ring (bicyclic) bond motifs is 7. The lowest BCUT2D eigenvalue weighted by atomic mass is 9.67. The predicted octanol–water partition coefficient (Wildman–Crippen LogP) is 9.09. The molecule has 1 aliphatic rings. The smallest absolute Gasteiger partial charge is 0.0963 e. The minimum atomic E-state index is -0.449. The van der Waals surface area contributed by atoms with E-state index in [9.17, 15) is 0 Å². The third-order valence-corrected chi connectivity index (χ3v) is 8.96. The fraction of sp³-hybridized carbons (Fsp3) is 0.0256. The van der Waals surface area contributed by atoms with E-state index in [2.05, 4.69) is 137 Å². The van der Waals surface area contributed by atoms with Crippen molar-refractivity contribution >= 4 is 32.8 Å². The average molecular weight is 536 g/mol. The Kier molecular flexibility index (Phi) is 4.82. The Labute approximate surface area is 243 Å². The minimum Gasteiger partial charge on any atom is -0.307 e. The number of aromatic nitrogens is 3. The van der Waals surface area contributed by atoms with Gasteiger partial charge in [-0.05, 0) is 69.8 Å². The van der Waals surface area contributed by atoms with Crippen molar-refractivity contribution < 1.29 is 0 Å². The molecule has 42 heavy (non-hydrogen) atoms. The molecule has 3 nitrogen and oxygen atoms in total. The summed E-state index contributed by atoms with van der Waals surface area (Å²) < 4.78 is 2.37. The summed E-state index contributed by atoms with van der Waals surface area (Å²) in [5, 5.41) is 2.26. The number of pyridine rings is 2. The van der Waals surface area contributed by atoms with Gasteiger partial charge in [-0.15, -0.1) is 0 Å². The van der Waals surface area contributed by atoms with E-state index in [4.69, 9.17) is 4.98 Å². The van der Waals surface area contributed by atoms with E-state index < -0.39 is 5.41 Å². The van der Waals surface area contributed by atoms with Crippen LogP contribution in [0.15, 0.2) is 152 Å². The summed E-state index contributed by atoms with van der Waals surface area (Å²) in [4.78, 5) is 9.62. The van der Waals surface area contributed by atoms with Crippen molar-refractivity contribution in [2.24, 2.45) is 0 Å². The molecule has 3 heterocycles. The maximum Gasteiger partial charge on any atom is 0.0963 e. The first-order chi connectivity index (χ1) is 20.9. The molecule has 0 bridgehead atoms. The molecule has 0 N–H and O–H groups in total. The van der Waals surface area contributed by atoms with Gasteiger partial charge >= 0.3 is 0 Å². The van der Waals surface area contributed by atoms with Crippen LogP contribution in [0.1, 0.15) is 22.3 Å². The zero-order valence-corrected chi connectivity index (χ0v) is 22.8. The van der Waals surface area contributed by atoms with Gasteiger partial charge in [0.25, 0.3) is 0 Å². The van der Waals surface area contributed by atoms with Crippen LogP contribution in [0.3, 0.4) is 0 Å². The van der Waals surface area contributed by atoms with E-state index in [1.165, 1.54) is 33.4 Å². The Morgan fingerprint density at radius 3 is 2.00 bits per heavy atom. The molecule has 196 valence electrons. The van der Waals surface area contributed by atoms with Crippen LogP contribution in [-0.2, 0) is 5.41 Å². The highest BCUT2D eigenvalue weighted by Gasteiger charge is 2.46. The Balaban J connectivity index is 1.47. The van der Waals surface area contributed by atoms with Gasteiger partial charge in [-0.2, -0.15) is 0 Å². The van der Waals surface area contributed by atoms with Crippen molar-refractivity contribution in [3.05, 3.63) is 174 Å². The van der Waals surface area contributed by atoms with E-state index >= 15 is 0 Å². The van der Waals surface area contributed by atoms with Gasteiger partial charge in [-0.25, -0.2) is 0 Å². The van der Waals surface area contributed by atoms with Crippen LogP contribution in [0, 0.1) is 0 Å². The number of nitrogens with zero attached hydrogens (tertiary/aromatic N) is 3. The van der Waals surface area contributed by atoms with Crippen molar-refractivity contribution in [3.8, 4) is 16.8 Å². The van der Waals surface area contributed by atoms with Crippen LogP contribution in [0.2, 0.25) is 0 Å². The maximum absolute atomic E-state index is 4.97. The molecule has 0 saturated heterocycles. The summed E-state index contributed by atoms with van der Waals surface area (Å²) >= 11 is 0. The van der Waals surface area contributed by atoms with Gasteiger partial charge in [-0.3, -0.25) is 9.97 Å². The van der Waals surface area contributed by atoms with Crippen LogP contribution in [0.5, 0.6) is 0 Å². The van der Waals surface area contributed by atoms with E-state index in [1.807, 2.05) is 24.5 Å². The fourth-order valence-corrected chi connectivity index (χ4v) is 7.30. The summed E-state index contributed by atoms with van der Waals surface area (Å²) in [6, 6.07) is 50.3. The van der Waals surface area contributed by atoms with E-state index in [1.54, 1.807) is 0 Å². The molecule has 9 rings (SSSR count). The number of hydrogen-bond donors (Lipinski definition) is 0. The first kappa shape index (κ1) is 23.2. The Bertz CT molecular complexity index is 2250. The molecule has 0 atom stereocenters. The van der Waals surface area contributed by atoms with Crippen LogP contribution in [0.25, 0.3) is 49.7 Å². The molecule has 0 aliphatic heterocycles. The number of rotatable bonds is 3. The molecule has 3 aromatic heterocycles. The Hall–Kier alpha value is -5.54. The molecule has 5 aromatic carbocycles. The highest BCUT2D eigenvalue weighted by atomic mass is 15.0. The Morgan fingerprint density at radius 1 is 0.476 bits per heavy atom. The zero-order valence-electron chi connectivity index (χ0n) is 22.8.